The number of nitrogens with one attached hydrogen (secondary N) is 2. The molecule has 5 rings (SSSR count). The van der Waals surface area contributed by atoms with E-state index in [1.165, 1.54) is 4.68 Å². The maximum Gasteiger partial charge on any atom is 0.292 e. The van der Waals surface area contributed by atoms with E-state index in [9.17, 15) is 4.79 Å². The van der Waals surface area contributed by atoms with Gasteiger partial charge in [0.2, 0.25) is 11.6 Å². The van der Waals surface area contributed by atoms with E-state index < -0.39 is 5.91 Å². The molecule has 0 radical (unpaired) electrons. The Balaban J connectivity index is 1.47. The summed E-state index contributed by atoms with van der Waals surface area (Å²) in [6.45, 7) is 4.07. The molecule has 35 heavy (non-hydrogen) atoms. The van der Waals surface area contributed by atoms with Crippen LogP contribution in [0.25, 0.3) is 33.5 Å². The Morgan fingerprint density at radius 1 is 1.06 bits per heavy atom. The first kappa shape index (κ1) is 21.6. The van der Waals surface area contributed by atoms with Gasteiger partial charge in [-0.1, -0.05) is 66.4 Å². The first-order valence-corrected chi connectivity index (χ1v) is 10.5. The van der Waals surface area contributed by atoms with Gasteiger partial charge in [-0.25, -0.2) is 4.63 Å². The predicted molar refractivity (Wildman–Crippen MR) is 129 cm³/mol. The number of nitrogen functional groups attached to an aromatic ring is 1. The highest BCUT2D eigenvalue weighted by atomic mass is 16.6. The number of rotatable bonds is 7. The van der Waals surface area contributed by atoms with Crippen molar-refractivity contribution in [2.24, 2.45) is 0 Å². The minimum absolute atomic E-state index is 0.00605. The fourth-order valence-corrected chi connectivity index (χ4v) is 3.70. The van der Waals surface area contributed by atoms with Gasteiger partial charge in [-0.2, -0.15) is 4.68 Å². The number of carbonyl (C=O) groups excluding carboxylic acids is 1. The highest BCUT2D eigenvalue weighted by Crippen LogP contribution is 2.29. The third-order valence-electron chi connectivity index (χ3n) is 5.37. The van der Waals surface area contributed by atoms with Crippen molar-refractivity contribution in [2.45, 2.75) is 0 Å². The maximum absolute atomic E-state index is 13.2. The number of hydrogen-bond acceptors (Lipinski definition) is 9. The molecule has 174 valence electrons. The van der Waals surface area contributed by atoms with E-state index in [0.29, 0.717) is 22.7 Å². The number of nitrogens with two attached hydrogens (primary N) is 1. The van der Waals surface area contributed by atoms with Gasteiger partial charge < -0.3 is 10.5 Å². The van der Waals surface area contributed by atoms with Crippen molar-refractivity contribution in [3.05, 3.63) is 84.6 Å². The number of benzene rings is 3. The second-order valence-electron chi connectivity index (χ2n) is 7.49. The Morgan fingerprint density at radius 2 is 1.86 bits per heavy atom. The van der Waals surface area contributed by atoms with Crippen LogP contribution >= 0.6 is 0 Å². The van der Waals surface area contributed by atoms with Crippen LogP contribution in [0, 0.1) is 0 Å². The summed E-state index contributed by atoms with van der Waals surface area (Å²) in [5.74, 6) is 0.122. The van der Waals surface area contributed by atoms with Crippen molar-refractivity contribution in [2.75, 3.05) is 12.8 Å². The van der Waals surface area contributed by atoms with Gasteiger partial charge >= 0.3 is 0 Å². The number of ether oxygens (including phenoxy) is 1. The Kier molecular flexibility index (Phi) is 5.55. The van der Waals surface area contributed by atoms with Crippen LogP contribution in [0.5, 0.6) is 5.75 Å². The SMILES string of the molecule is C=C(NNC(=O)c1nnn(-c2nonc2N)c1-c1cccc(OC)c1)c1cccc2ccccc12. The van der Waals surface area contributed by atoms with Crippen molar-refractivity contribution < 1.29 is 14.2 Å². The lowest BCUT2D eigenvalue weighted by molar-refractivity contribution is 0.0938. The molecule has 1 amide bonds. The van der Waals surface area contributed by atoms with Gasteiger partial charge in [0.1, 0.15) is 11.4 Å². The van der Waals surface area contributed by atoms with Crippen LogP contribution < -0.4 is 21.3 Å². The zero-order valence-electron chi connectivity index (χ0n) is 18.6. The van der Waals surface area contributed by atoms with Crippen LogP contribution in [0.15, 0.2) is 77.9 Å². The van der Waals surface area contributed by atoms with Crippen LogP contribution in [0.1, 0.15) is 16.1 Å². The maximum atomic E-state index is 13.2. The van der Waals surface area contributed by atoms with Gasteiger partial charge in [-0.15, -0.1) is 5.10 Å². The average Bonchev–Trinajstić information content (AvgIpc) is 3.52. The number of anilines is 1. The van der Waals surface area contributed by atoms with Crippen LogP contribution in [0.2, 0.25) is 0 Å². The van der Waals surface area contributed by atoms with E-state index >= 15 is 0 Å². The summed E-state index contributed by atoms with van der Waals surface area (Å²) in [6, 6.07) is 20.8. The second kappa shape index (κ2) is 8.98. The Bertz CT molecular complexity index is 1550. The Labute approximate surface area is 199 Å². The molecule has 0 unspecified atom stereocenters. The van der Waals surface area contributed by atoms with Gasteiger partial charge in [0, 0.05) is 11.1 Å². The van der Waals surface area contributed by atoms with E-state index in [1.54, 1.807) is 31.4 Å². The van der Waals surface area contributed by atoms with E-state index in [-0.39, 0.29) is 17.3 Å². The molecule has 3 aromatic carbocycles. The summed E-state index contributed by atoms with van der Waals surface area (Å²) >= 11 is 0. The number of hydrazine groups is 1. The minimum atomic E-state index is -0.550. The highest BCUT2D eigenvalue weighted by molar-refractivity contribution is 5.99. The number of amides is 1. The summed E-state index contributed by atoms with van der Waals surface area (Å²) < 4.78 is 11.3. The standard InChI is InChI=1S/C24H20N8O3/c1-14(18-12-6-8-15-7-3-4-11-19(15)18)26-28-24(33)20-21(16-9-5-10-17(13-16)34-2)32(31-27-20)23-22(25)29-35-30-23/h3-13,26H,1H2,2H3,(H2,25,29)(H,28,33). The number of carbonyl (C=O) groups is 1. The third-order valence-corrected chi connectivity index (χ3v) is 5.37. The summed E-state index contributed by atoms with van der Waals surface area (Å²) in [5, 5.41) is 17.6. The van der Waals surface area contributed by atoms with Gasteiger partial charge in [0.05, 0.1) is 12.8 Å². The zero-order valence-corrected chi connectivity index (χ0v) is 18.6. The fourth-order valence-electron chi connectivity index (χ4n) is 3.70. The van der Waals surface area contributed by atoms with Crippen molar-refractivity contribution >= 4 is 28.2 Å². The number of nitrogens with zero attached hydrogens (tertiary/aromatic N) is 5. The molecule has 2 heterocycles. The molecule has 0 bridgehead atoms. The highest BCUT2D eigenvalue weighted by Gasteiger charge is 2.25. The van der Waals surface area contributed by atoms with Gasteiger partial charge in [0.25, 0.3) is 5.91 Å². The Hall–Kier alpha value is -5.19. The smallest absolute Gasteiger partial charge is 0.292 e. The molecular formula is C24H20N8O3. The predicted octanol–water partition coefficient (Wildman–Crippen LogP) is 2.97. The molecule has 0 fully saturated rings. The first-order chi connectivity index (χ1) is 17.1. The van der Waals surface area contributed by atoms with E-state index in [4.69, 9.17) is 15.1 Å². The molecule has 0 aliphatic heterocycles. The lowest BCUT2D eigenvalue weighted by Crippen LogP contribution is -2.36. The van der Waals surface area contributed by atoms with Gasteiger partial charge in [0.15, 0.2) is 5.69 Å². The lowest BCUT2D eigenvalue weighted by atomic mass is 10.0. The zero-order chi connectivity index (χ0) is 24.4. The van der Waals surface area contributed by atoms with Crippen LogP contribution in [0.4, 0.5) is 5.82 Å². The quantitative estimate of drug-likeness (QED) is 0.307. The third kappa shape index (κ3) is 4.02. The topological polar surface area (TPSA) is 146 Å². The summed E-state index contributed by atoms with van der Waals surface area (Å²) in [4.78, 5) is 13.2. The number of hydrogen-bond donors (Lipinski definition) is 3. The number of aromatic nitrogens is 5. The molecule has 0 atom stereocenters. The Morgan fingerprint density at radius 3 is 2.66 bits per heavy atom. The molecule has 0 saturated carbocycles. The molecule has 11 heteroatoms. The molecular weight excluding hydrogens is 448 g/mol. The van der Waals surface area contributed by atoms with Crippen molar-refractivity contribution in [3.8, 4) is 22.8 Å². The van der Waals surface area contributed by atoms with Crippen LogP contribution in [0.3, 0.4) is 0 Å². The van der Waals surface area contributed by atoms with Crippen LogP contribution in [-0.4, -0.2) is 38.3 Å². The molecule has 0 aliphatic rings. The molecule has 0 saturated heterocycles. The van der Waals surface area contributed by atoms with Crippen LogP contribution in [-0.2, 0) is 0 Å². The minimum Gasteiger partial charge on any atom is -0.497 e. The van der Waals surface area contributed by atoms with Gasteiger partial charge in [-0.05, 0) is 33.2 Å². The summed E-state index contributed by atoms with van der Waals surface area (Å²) in [6.07, 6.45) is 0. The molecule has 0 spiro atoms. The van der Waals surface area contributed by atoms with E-state index in [1.807, 2.05) is 42.5 Å². The molecule has 11 nitrogen and oxygen atoms in total. The summed E-state index contributed by atoms with van der Waals surface area (Å²) in [5.41, 5.74) is 13.7. The lowest BCUT2D eigenvalue weighted by Gasteiger charge is -2.13. The molecule has 5 aromatic rings. The second-order valence-corrected chi connectivity index (χ2v) is 7.49. The monoisotopic (exact) mass is 468 g/mol. The normalized spacial score (nSPS) is 10.8. The molecule has 0 aliphatic carbocycles. The fraction of sp³-hybridized carbons (Fsp3) is 0.0417. The average molecular weight is 468 g/mol. The number of fused-ring (bicyclic) bond motifs is 1. The van der Waals surface area contributed by atoms with Crippen molar-refractivity contribution in [3.63, 3.8) is 0 Å². The van der Waals surface area contributed by atoms with E-state index in [0.717, 1.165) is 16.3 Å². The first-order valence-electron chi connectivity index (χ1n) is 10.5. The van der Waals surface area contributed by atoms with Gasteiger partial charge in [-0.3, -0.25) is 15.6 Å². The number of methoxy groups -OCH3 is 1. The largest absolute Gasteiger partial charge is 0.497 e. The molecule has 4 N–H and O–H groups in total. The summed E-state index contributed by atoms with van der Waals surface area (Å²) in [7, 11) is 1.55. The van der Waals surface area contributed by atoms with E-state index in [2.05, 4.69) is 38.1 Å². The van der Waals surface area contributed by atoms with Crippen molar-refractivity contribution in [1.82, 2.24) is 36.2 Å². The van der Waals surface area contributed by atoms with Crippen molar-refractivity contribution in [1.29, 1.82) is 0 Å². The molecule has 2 aromatic heterocycles.